The second-order valence-electron chi connectivity index (χ2n) is 7.94. The molecule has 1 aromatic heterocycles. The van der Waals surface area contributed by atoms with Crippen molar-refractivity contribution in [2.75, 3.05) is 6.61 Å². The Balaban J connectivity index is 1.76. The highest BCUT2D eigenvalue weighted by Gasteiger charge is 2.23. The number of ether oxygens (including phenoxy) is 1. The van der Waals surface area contributed by atoms with E-state index in [4.69, 9.17) is 21.4 Å². The van der Waals surface area contributed by atoms with Gasteiger partial charge < -0.3 is 15.2 Å². The number of carbonyl (C=O) groups excluding carboxylic acids is 2. The number of hydrogen-bond acceptors (Lipinski definition) is 5. The summed E-state index contributed by atoms with van der Waals surface area (Å²) in [7, 11) is 0. The van der Waals surface area contributed by atoms with Crippen LogP contribution < -0.4 is 5.32 Å². The van der Waals surface area contributed by atoms with Crippen LogP contribution in [-0.2, 0) is 16.0 Å². The zero-order valence-electron chi connectivity index (χ0n) is 18.9. The van der Waals surface area contributed by atoms with Crippen molar-refractivity contribution in [1.29, 1.82) is 0 Å². The van der Waals surface area contributed by atoms with Gasteiger partial charge in [-0.15, -0.1) is 0 Å². The van der Waals surface area contributed by atoms with E-state index >= 15 is 0 Å². The number of benzene rings is 2. The minimum absolute atomic E-state index is 0.0301. The number of aromatic nitrogens is 2. The first-order valence-corrected chi connectivity index (χ1v) is 11.3. The van der Waals surface area contributed by atoms with Gasteiger partial charge in [0.05, 0.1) is 12.5 Å². The molecule has 1 heterocycles. The molecule has 2 atom stereocenters. The number of aromatic carboxylic acids is 1. The topological polar surface area (TPSA) is 121 Å². The quantitative estimate of drug-likeness (QED) is 0.368. The Kier molecular flexibility index (Phi) is 8.43. The van der Waals surface area contributed by atoms with Crippen molar-refractivity contribution in [3.8, 4) is 11.1 Å². The highest BCUT2D eigenvalue weighted by molar-refractivity contribution is 6.30. The molecule has 3 N–H and O–H groups in total. The molecule has 3 aromatic rings. The number of nitrogens with one attached hydrogen (secondary N) is 2. The molecule has 0 aliphatic heterocycles. The maximum Gasteiger partial charge on any atom is 0.356 e. The third-order valence-corrected chi connectivity index (χ3v) is 5.53. The molecule has 1 amide bonds. The predicted molar refractivity (Wildman–Crippen MR) is 128 cm³/mol. The number of rotatable bonds is 10. The van der Waals surface area contributed by atoms with Crippen molar-refractivity contribution in [3.05, 3.63) is 76.6 Å². The Morgan fingerprint density at radius 2 is 1.85 bits per heavy atom. The minimum atomic E-state index is -1.23. The van der Waals surface area contributed by atoms with Gasteiger partial charge in [-0.25, -0.2) is 4.79 Å². The van der Waals surface area contributed by atoms with Crippen molar-refractivity contribution < 1.29 is 24.2 Å². The van der Waals surface area contributed by atoms with Gasteiger partial charge in [-0.1, -0.05) is 54.9 Å². The SMILES string of the molecule is CCOC(=O)[C@H](C)C[C@@H](Cc1ccc(-c2cccc(Cl)c2)cc1)NC(=O)c1cc(C(=O)O)n[nH]1. The summed E-state index contributed by atoms with van der Waals surface area (Å²) < 4.78 is 5.10. The lowest BCUT2D eigenvalue weighted by molar-refractivity contribution is -0.147. The molecule has 34 heavy (non-hydrogen) atoms. The van der Waals surface area contributed by atoms with Crippen LogP contribution in [0.15, 0.2) is 54.6 Å². The van der Waals surface area contributed by atoms with Crippen molar-refractivity contribution in [2.24, 2.45) is 5.92 Å². The monoisotopic (exact) mass is 483 g/mol. The molecule has 8 nitrogen and oxygen atoms in total. The average Bonchev–Trinajstić information content (AvgIpc) is 3.31. The summed E-state index contributed by atoms with van der Waals surface area (Å²) in [4.78, 5) is 36.0. The lowest BCUT2D eigenvalue weighted by Gasteiger charge is -2.22. The molecule has 0 saturated carbocycles. The molecule has 2 aromatic carbocycles. The molecular formula is C25H26ClN3O5. The minimum Gasteiger partial charge on any atom is -0.476 e. The molecule has 0 aliphatic rings. The smallest absolute Gasteiger partial charge is 0.356 e. The predicted octanol–water partition coefficient (Wildman–Crippen LogP) is 4.36. The third kappa shape index (κ3) is 6.68. The third-order valence-electron chi connectivity index (χ3n) is 5.30. The number of esters is 1. The van der Waals surface area contributed by atoms with Crippen molar-refractivity contribution in [3.63, 3.8) is 0 Å². The van der Waals surface area contributed by atoms with Crippen LogP contribution in [0.4, 0.5) is 0 Å². The van der Waals surface area contributed by atoms with Crippen LogP contribution in [-0.4, -0.2) is 45.8 Å². The fourth-order valence-corrected chi connectivity index (χ4v) is 3.79. The lowest BCUT2D eigenvalue weighted by Crippen LogP contribution is -2.39. The first-order chi connectivity index (χ1) is 16.3. The number of halogens is 1. The van der Waals surface area contributed by atoms with Crippen LogP contribution >= 0.6 is 11.6 Å². The summed E-state index contributed by atoms with van der Waals surface area (Å²) in [6, 6.07) is 16.2. The van der Waals surface area contributed by atoms with Crippen LogP contribution in [0.25, 0.3) is 11.1 Å². The van der Waals surface area contributed by atoms with E-state index in [1.165, 1.54) is 6.07 Å². The molecule has 0 bridgehead atoms. The lowest BCUT2D eigenvalue weighted by atomic mass is 9.94. The van der Waals surface area contributed by atoms with Gasteiger partial charge in [0, 0.05) is 17.1 Å². The van der Waals surface area contributed by atoms with E-state index < -0.39 is 23.8 Å². The fraction of sp³-hybridized carbons (Fsp3) is 0.280. The summed E-state index contributed by atoms with van der Waals surface area (Å²) in [6.07, 6.45) is 0.811. The fourth-order valence-electron chi connectivity index (χ4n) is 3.60. The zero-order chi connectivity index (χ0) is 24.7. The van der Waals surface area contributed by atoms with Crippen molar-refractivity contribution in [1.82, 2.24) is 15.5 Å². The van der Waals surface area contributed by atoms with E-state index in [1.807, 2.05) is 48.5 Å². The van der Waals surface area contributed by atoms with E-state index in [9.17, 15) is 14.4 Å². The second-order valence-corrected chi connectivity index (χ2v) is 8.38. The van der Waals surface area contributed by atoms with E-state index in [0.29, 0.717) is 17.9 Å². The average molecular weight is 484 g/mol. The molecule has 0 saturated heterocycles. The van der Waals surface area contributed by atoms with E-state index in [1.54, 1.807) is 13.8 Å². The Labute approximate surface area is 202 Å². The van der Waals surface area contributed by atoms with Gasteiger partial charge in [0.25, 0.3) is 5.91 Å². The molecule has 0 radical (unpaired) electrons. The van der Waals surface area contributed by atoms with Gasteiger partial charge in [-0.05, 0) is 48.6 Å². The Morgan fingerprint density at radius 1 is 1.12 bits per heavy atom. The number of nitrogens with zero attached hydrogens (tertiary/aromatic N) is 1. The molecule has 178 valence electrons. The van der Waals surface area contributed by atoms with Gasteiger partial charge >= 0.3 is 11.9 Å². The van der Waals surface area contributed by atoms with Gasteiger partial charge in [-0.3, -0.25) is 14.7 Å². The number of hydrogen-bond donors (Lipinski definition) is 3. The number of H-pyrrole nitrogens is 1. The van der Waals surface area contributed by atoms with Crippen molar-refractivity contribution >= 4 is 29.4 Å². The highest BCUT2D eigenvalue weighted by Crippen LogP contribution is 2.24. The van der Waals surface area contributed by atoms with Gasteiger partial charge in [0.15, 0.2) is 5.69 Å². The van der Waals surface area contributed by atoms with E-state index in [0.717, 1.165) is 16.7 Å². The van der Waals surface area contributed by atoms with Gasteiger partial charge in [0.1, 0.15) is 5.69 Å². The summed E-state index contributed by atoms with van der Waals surface area (Å²) in [5.41, 5.74) is 2.74. The largest absolute Gasteiger partial charge is 0.476 e. The molecule has 9 heteroatoms. The maximum atomic E-state index is 12.7. The van der Waals surface area contributed by atoms with Gasteiger partial charge in [-0.2, -0.15) is 5.10 Å². The van der Waals surface area contributed by atoms with Crippen molar-refractivity contribution in [2.45, 2.75) is 32.7 Å². The van der Waals surface area contributed by atoms with Crippen LogP contribution in [0.5, 0.6) is 0 Å². The molecule has 0 aliphatic carbocycles. The summed E-state index contributed by atoms with van der Waals surface area (Å²) in [5.74, 6) is -2.51. The molecular weight excluding hydrogens is 458 g/mol. The standard InChI is InChI=1S/C25H26ClN3O5/c1-3-34-25(33)15(2)11-20(27-23(30)21-14-22(24(31)32)29-28-21)12-16-7-9-17(10-8-16)18-5-4-6-19(26)13-18/h4-10,13-15,20H,3,11-12H2,1-2H3,(H,27,30)(H,28,29)(H,31,32)/t15-,20+/m1/s1. The van der Waals surface area contributed by atoms with Crippen LogP contribution in [0.3, 0.4) is 0 Å². The molecule has 0 spiro atoms. The second kappa shape index (κ2) is 11.5. The summed E-state index contributed by atoms with van der Waals surface area (Å²) in [5, 5.41) is 18.6. The Hall–Kier alpha value is -3.65. The van der Waals surface area contributed by atoms with Crippen LogP contribution in [0, 0.1) is 5.92 Å². The Bertz CT molecular complexity index is 1160. The highest BCUT2D eigenvalue weighted by atomic mass is 35.5. The maximum absolute atomic E-state index is 12.7. The molecule has 0 unspecified atom stereocenters. The van der Waals surface area contributed by atoms with Crippen LogP contribution in [0.1, 0.15) is 46.8 Å². The number of carbonyl (C=O) groups is 3. The number of aromatic amines is 1. The normalized spacial score (nSPS) is 12.6. The first-order valence-electron chi connectivity index (χ1n) is 10.9. The summed E-state index contributed by atoms with van der Waals surface area (Å²) in [6.45, 7) is 3.76. The molecule has 0 fully saturated rings. The Morgan fingerprint density at radius 3 is 2.47 bits per heavy atom. The number of carboxylic acid groups (broad SMARTS) is 1. The van der Waals surface area contributed by atoms with Gasteiger partial charge in [0.2, 0.25) is 0 Å². The van der Waals surface area contributed by atoms with E-state index in [2.05, 4.69) is 15.5 Å². The van der Waals surface area contributed by atoms with E-state index in [-0.39, 0.29) is 24.0 Å². The first kappa shape index (κ1) is 25.0. The molecule has 3 rings (SSSR count). The number of amides is 1. The summed E-state index contributed by atoms with van der Waals surface area (Å²) >= 11 is 6.09. The number of carboxylic acids is 1. The zero-order valence-corrected chi connectivity index (χ0v) is 19.6. The van der Waals surface area contributed by atoms with Crippen LogP contribution in [0.2, 0.25) is 5.02 Å².